The van der Waals surface area contributed by atoms with Crippen molar-refractivity contribution in [2.75, 3.05) is 0 Å². The number of rotatable bonds is 2. The first kappa shape index (κ1) is 12.1. The summed E-state index contributed by atoms with van der Waals surface area (Å²) in [6.45, 7) is 5.38. The fraction of sp³-hybridized carbons (Fsp3) is 0.462. The number of hydrogen-bond acceptors (Lipinski definition) is 3. The number of hydrogen-bond donors (Lipinski definition) is 1. The highest BCUT2D eigenvalue weighted by atomic mass is 16.8. The monoisotopic (exact) mass is 236 g/mol. The van der Waals surface area contributed by atoms with Crippen molar-refractivity contribution in [1.82, 2.24) is 0 Å². The summed E-state index contributed by atoms with van der Waals surface area (Å²) in [7, 11) is 0. The second-order valence-electron chi connectivity index (χ2n) is 4.67. The highest BCUT2D eigenvalue weighted by molar-refractivity contribution is 5.74. The Labute approximate surface area is 100 Å². The lowest BCUT2D eigenvalue weighted by Crippen LogP contribution is -2.27. The number of carboxylic acids is 1. The van der Waals surface area contributed by atoms with Crippen molar-refractivity contribution < 1.29 is 19.4 Å². The van der Waals surface area contributed by atoms with E-state index in [0.29, 0.717) is 0 Å². The molecule has 0 spiro atoms. The molecule has 2 atom stereocenters. The van der Waals surface area contributed by atoms with Gasteiger partial charge in [-0.3, -0.25) is 0 Å². The molecule has 0 saturated carbocycles. The third-order valence-electron chi connectivity index (χ3n) is 2.83. The van der Waals surface area contributed by atoms with Crippen molar-refractivity contribution in [2.24, 2.45) is 0 Å². The molecule has 1 aliphatic heterocycles. The van der Waals surface area contributed by atoms with Gasteiger partial charge in [-0.1, -0.05) is 24.3 Å². The number of ether oxygens (including phenoxy) is 2. The van der Waals surface area contributed by atoms with Crippen molar-refractivity contribution in [3.05, 3.63) is 35.4 Å². The number of aryl methyl sites for hydroxylation is 1. The third kappa shape index (κ3) is 2.33. The second-order valence-corrected chi connectivity index (χ2v) is 4.67. The van der Waals surface area contributed by atoms with Gasteiger partial charge in [-0.2, -0.15) is 0 Å². The maximum atomic E-state index is 11.2. The van der Waals surface area contributed by atoms with Gasteiger partial charge in [0.25, 0.3) is 0 Å². The van der Waals surface area contributed by atoms with Crippen LogP contribution in [0, 0.1) is 6.92 Å². The minimum Gasteiger partial charge on any atom is -0.479 e. The molecule has 1 aliphatic rings. The predicted molar refractivity (Wildman–Crippen MR) is 61.6 cm³/mol. The molecular weight excluding hydrogens is 220 g/mol. The summed E-state index contributed by atoms with van der Waals surface area (Å²) in [5, 5.41) is 9.16. The summed E-state index contributed by atoms with van der Waals surface area (Å²) >= 11 is 0. The molecule has 92 valence electrons. The summed E-state index contributed by atoms with van der Waals surface area (Å²) in [6, 6.07) is 7.59. The number of carboxylic acid groups (broad SMARTS) is 1. The van der Waals surface area contributed by atoms with Crippen LogP contribution in [0.5, 0.6) is 0 Å². The molecule has 0 aromatic heterocycles. The number of benzene rings is 1. The first-order valence-electron chi connectivity index (χ1n) is 5.55. The van der Waals surface area contributed by atoms with E-state index in [0.717, 1.165) is 11.1 Å². The van der Waals surface area contributed by atoms with Crippen LogP contribution in [-0.2, 0) is 14.3 Å². The van der Waals surface area contributed by atoms with Crippen LogP contribution in [0.3, 0.4) is 0 Å². The van der Waals surface area contributed by atoms with Crippen LogP contribution in [0.4, 0.5) is 0 Å². The van der Waals surface area contributed by atoms with Crippen molar-refractivity contribution in [3.8, 4) is 0 Å². The second kappa shape index (κ2) is 4.13. The van der Waals surface area contributed by atoms with Crippen molar-refractivity contribution >= 4 is 5.97 Å². The van der Waals surface area contributed by atoms with Gasteiger partial charge in [-0.25, -0.2) is 4.79 Å². The lowest BCUT2D eigenvalue weighted by molar-refractivity contribution is -0.165. The van der Waals surface area contributed by atoms with E-state index < -0.39 is 24.0 Å². The summed E-state index contributed by atoms with van der Waals surface area (Å²) < 4.78 is 11.1. The predicted octanol–water partition coefficient (Wildman–Crippen LogP) is 2.27. The van der Waals surface area contributed by atoms with E-state index in [1.807, 2.05) is 31.2 Å². The van der Waals surface area contributed by atoms with E-state index in [-0.39, 0.29) is 0 Å². The quantitative estimate of drug-likeness (QED) is 0.855. The molecule has 17 heavy (non-hydrogen) atoms. The average Bonchev–Trinajstić information content (AvgIpc) is 2.55. The van der Waals surface area contributed by atoms with Crippen LogP contribution in [0.1, 0.15) is 31.1 Å². The van der Waals surface area contributed by atoms with E-state index in [1.54, 1.807) is 13.8 Å². The van der Waals surface area contributed by atoms with Gasteiger partial charge in [0.05, 0.1) is 0 Å². The van der Waals surface area contributed by atoms with Gasteiger partial charge in [0.2, 0.25) is 0 Å². The molecule has 1 fully saturated rings. The summed E-state index contributed by atoms with van der Waals surface area (Å²) in [6.07, 6.45) is -1.50. The Balaban J connectivity index is 2.37. The molecule has 4 heteroatoms. The normalized spacial score (nSPS) is 27.0. The smallest absolute Gasteiger partial charge is 0.336 e. The zero-order valence-corrected chi connectivity index (χ0v) is 10.1. The Morgan fingerprint density at radius 3 is 2.53 bits per heavy atom. The molecule has 0 amide bonds. The van der Waals surface area contributed by atoms with Crippen LogP contribution in [0.25, 0.3) is 0 Å². The summed E-state index contributed by atoms with van der Waals surface area (Å²) in [4.78, 5) is 11.2. The van der Waals surface area contributed by atoms with Gasteiger partial charge in [-0.15, -0.1) is 0 Å². The molecule has 1 saturated heterocycles. The molecule has 1 heterocycles. The van der Waals surface area contributed by atoms with E-state index in [2.05, 4.69) is 0 Å². The zero-order chi connectivity index (χ0) is 12.6. The molecule has 2 unspecified atom stereocenters. The van der Waals surface area contributed by atoms with E-state index in [4.69, 9.17) is 14.6 Å². The van der Waals surface area contributed by atoms with Crippen molar-refractivity contribution in [3.63, 3.8) is 0 Å². The Morgan fingerprint density at radius 1 is 1.29 bits per heavy atom. The van der Waals surface area contributed by atoms with Crippen LogP contribution in [-0.4, -0.2) is 23.0 Å². The first-order valence-corrected chi connectivity index (χ1v) is 5.55. The molecule has 4 nitrogen and oxygen atoms in total. The maximum absolute atomic E-state index is 11.2. The largest absolute Gasteiger partial charge is 0.479 e. The summed E-state index contributed by atoms with van der Waals surface area (Å²) in [5.41, 5.74) is 1.87. The third-order valence-corrected chi connectivity index (χ3v) is 2.83. The molecule has 1 N–H and O–H groups in total. The molecule has 0 bridgehead atoms. The van der Waals surface area contributed by atoms with E-state index in [9.17, 15) is 4.79 Å². The molecular formula is C13H16O4. The van der Waals surface area contributed by atoms with E-state index in [1.165, 1.54) is 0 Å². The standard InChI is InChI=1S/C13H16O4/c1-8-6-4-5-7-9(8)10-11(12(14)15)17-13(2,3)16-10/h4-7,10-11H,1-3H3,(H,14,15). The lowest BCUT2D eigenvalue weighted by Gasteiger charge is -2.17. The molecule has 1 aromatic carbocycles. The van der Waals surface area contributed by atoms with Gasteiger partial charge in [0.1, 0.15) is 6.10 Å². The van der Waals surface area contributed by atoms with Gasteiger partial charge < -0.3 is 14.6 Å². The van der Waals surface area contributed by atoms with Crippen LogP contribution < -0.4 is 0 Å². The molecule has 2 rings (SSSR count). The summed E-state index contributed by atoms with van der Waals surface area (Å²) in [5.74, 6) is -1.86. The van der Waals surface area contributed by atoms with Gasteiger partial charge in [0.15, 0.2) is 11.9 Å². The highest BCUT2D eigenvalue weighted by Crippen LogP contribution is 2.39. The fourth-order valence-electron chi connectivity index (χ4n) is 2.08. The van der Waals surface area contributed by atoms with E-state index >= 15 is 0 Å². The average molecular weight is 236 g/mol. The number of aliphatic carboxylic acids is 1. The van der Waals surface area contributed by atoms with Crippen molar-refractivity contribution in [2.45, 2.75) is 38.8 Å². The van der Waals surface area contributed by atoms with Gasteiger partial charge in [0, 0.05) is 0 Å². The van der Waals surface area contributed by atoms with Crippen molar-refractivity contribution in [1.29, 1.82) is 0 Å². The van der Waals surface area contributed by atoms with Gasteiger partial charge in [-0.05, 0) is 31.9 Å². The highest BCUT2D eigenvalue weighted by Gasteiger charge is 2.46. The Morgan fingerprint density at radius 2 is 1.94 bits per heavy atom. The molecule has 0 aliphatic carbocycles. The maximum Gasteiger partial charge on any atom is 0.336 e. The van der Waals surface area contributed by atoms with Crippen LogP contribution >= 0.6 is 0 Å². The first-order chi connectivity index (χ1) is 7.91. The minimum absolute atomic E-state index is 0.552. The Kier molecular flexibility index (Phi) is 2.93. The fourth-order valence-corrected chi connectivity index (χ4v) is 2.08. The van der Waals surface area contributed by atoms with Gasteiger partial charge >= 0.3 is 5.97 Å². The van der Waals surface area contributed by atoms with Crippen LogP contribution in [0.2, 0.25) is 0 Å². The lowest BCUT2D eigenvalue weighted by atomic mass is 10.00. The van der Waals surface area contributed by atoms with Crippen LogP contribution in [0.15, 0.2) is 24.3 Å². The Hall–Kier alpha value is -1.39. The zero-order valence-electron chi connectivity index (χ0n) is 10.1. The Bertz CT molecular complexity index is 439. The topological polar surface area (TPSA) is 55.8 Å². The SMILES string of the molecule is Cc1ccccc1C1OC(C)(C)OC1C(=O)O. The molecule has 1 aromatic rings. The molecule has 0 radical (unpaired) electrons. The minimum atomic E-state index is -0.996. The number of carbonyl (C=O) groups is 1.